The van der Waals surface area contributed by atoms with Gasteiger partial charge in [0.1, 0.15) is 17.7 Å². The van der Waals surface area contributed by atoms with Crippen LogP contribution in [0.2, 0.25) is 0 Å². The van der Waals surface area contributed by atoms with Crippen LogP contribution in [0.3, 0.4) is 0 Å². The summed E-state index contributed by atoms with van der Waals surface area (Å²) in [5.74, 6) is -0.415. The number of nitrogens with zero attached hydrogens (tertiary/aromatic N) is 2. The van der Waals surface area contributed by atoms with Gasteiger partial charge in [-0.3, -0.25) is 14.5 Å². The summed E-state index contributed by atoms with van der Waals surface area (Å²) in [6.45, 7) is 4.03. The predicted octanol–water partition coefficient (Wildman–Crippen LogP) is 4.28. The van der Waals surface area contributed by atoms with Crippen molar-refractivity contribution >= 4 is 17.5 Å². The van der Waals surface area contributed by atoms with Crippen LogP contribution in [0.1, 0.15) is 43.4 Å². The van der Waals surface area contributed by atoms with E-state index in [1.165, 1.54) is 11.0 Å². The molecular weight excluding hydrogens is 383 g/mol. The number of halogens is 1. The molecule has 5 nitrogen and oxygen atoms in total. The molecule has 5 rings (SSSR count). The van der Waals surface area contributed by atoms with Crippen LogP contribution in [0.4, 0.5) is 10.2 Å². The van der Waals surface area contributed by atoms with E-state index < -0.39 is 17.8 Å². The molecule has 0 saturated heterocycles. The van der Waals surface area contributed by atoms with E-state index in [0.717, 1.165) is 24.8 Å². The average Bonchev–Trinajstić information content (AvgIpc) is 3.01. The third-order valence-corrected chi connectivity index (χ3v) is 6.46. The van der Waals surface area contributed by atoms with Gasteiger partial charge in [-0.25, -0.2) is 9.37 Å². The Bertz CT molecular complexity index is 1080. The summed E-state index contributed by atoms with van der Waals surface area (Å²) in [7, 11) is 0. The molecular formula is C24H23FN2O3. The molecule has 3 aliphatic rings. The lowest BCUT2D eigenvalue weighted by Gasteiger charge is -2.37. The Morgan fingerprint density at radius 2 is 1.97 bits per heavy atom. The van der Waals surface area contributed by atoms with Crippen molar-refractivity contribution in [2.45, 2.75) is 45.3 Å². The first-order chi connectivity index (χ1) is 14.5. The number of hydrogen-bond donors (Lipinski definition) is 0. The van der Waals surface area contributed by atoms with Crippen molar-refractivity contribution in [1.82, 2.24) is 4.98 Å². The lowest BCUT2D eigenvalue weighted by atomic mass is 9.74. The van der Waals surface area contributed by atoms with E-state index in [0.29, 0.717) is 11.7 Å². The van der Waals surface area contributed by atoms with Crippen LogP contribution in [0.25, 0.3) is 0 Å². The van der Waals surface area contributed by atoms with E-state index in [1.807, 2.05) is 13.0 Å². The zero-order valence-corrected chi connectivity index (χ0v) is 17.0. The summed E-state index contributed by atoms with van der Waals surface area (Å²) < 4.78 is 21.0. The number of pyridine rings is 1. The topological polar surface area (TPSA) is 59.5 Å². The van der Waals surface area contributed by atoms with E-state index in [1.54, 1.807) is 30.5 Å². The molecule has 0 bridgehead atoms. The molecule has 0 N–H and O–H groups in total. The van der Waals surface area contributed by atoms with Gasteiger partial charge in [-0.05, 0) is 55.9 Å². The highest BCUT2D eigenvalue weighted by molar-refractivity contribution is 6.17. The van der Waals surface area contributed by atoms with Gasteiger partial charge in [0.2, 0.25) is 0 Å². The van der Waals surface area contributed by atoms with Gasteiger partial charge < -0.3 is 4.74 Å². The predicted molar refractivity (Wildman–Crippen MR) is 109 cm³/mol. The zero-order chi connectivity index (χ0) is 21.0. The minimum atomic E-state index is -0.881. The van der Waals surface area contributed by atoms with Gasteiger partial charge in [0.05, 0.1) is 17.5 Å². The number of ether oxygens (including phenoxy) is 1. The number of carbonyl (C=O) groups excluding carboxylic acids is 2. The van der Waals surface area contributed by atoms with Crippen molar-refractivity contribution in [3.05, 3.63) is 70.9 Å². The molecule has 0 radical (unpaired) electrons. The maximum Gasteiger partial charge on any atom is 0.295 e. The van der Waals surface area contributed by atoms with Gasteiger partial charge in [0.15, 0.2) is 11.5 Å². The van der Waals surface area contributed by atoms with E-state index in [-0.39, 0.29) is 34.7 Å². The number of aryl methyl sites for hydroxylation is 1. The highest BCUT2D eigenvalue weighted by Crippen LogP contribution is 2.49. The second kappa shape index (κ2) is 7.04. The molecule has 1 amide bonds. The summed E-state index contributed by atoms with van der Waals surface area (Å²) in [4.78, 5) is 32.8. The van der Waals surface area contributed by atoms with Crippen LogP contribution in [0, 0.1) is 24.6 Å². The summed E-state index contributed by atoms with van der Waals surface area (Å²) >= 11 is 0. The summed E-state index contributed by atoms with van der Waals surface area (Å²) in [5, 5.41) is 0. The molecule has 2 aliphatic heterocycles. The third kappa shape index (κ3) is 2.85. The Morgan fingerprint density at radius 3 is 2.73 bits per heavy atom. The molecule has 30 heavy (non-hydrogen) atoms. The Kier molecular flexibility index (Phi) is 4.45. The van der Waals surface area contributed by atoms with Crippen molar-refractivity contribution in [2.24, 2.45) is 11.8 Å². The van der Waals surface area contributed by atoms with Gasteiger partial charge in [-0.1, -0.05) is 25.1 Å². The second-order valence-electron chi connectivity index (χ2n) is 8.58. The molecule has 4 unspecified atom stereocenters. The number of aromatic nitrogens is 1. The number of Topliss-reactive ketones (excluding diaryl/α,β-unsaturated/α-hetero) is 1. The van der Waals surface area contributed by atoms with Crippen molar-refractivity contribution in [1.29, 1.82) is 0 Å². The fourth-order valence-corrected chi connectivity index (χ4v) is 4.96. The molecule has 1 saturated carbocycles. The molecule has 6 heteroatoms. The fourth-order valence-electron chi connectivity index (χ4n) is 4.96. The number of amides is 1. The van der Waals surface area contributed by atoms with Crippen molar-refractivity contribution < 1.29 is 18.7 Å². The molecule has 0 spiro atoms. The molecule has 1 fully saturated rings. The number of ketones is 1. The van der Waals surface area contributed by atoms with Crippen LogP contribution in [-0.4, -0.2) is 22.8 Å². The lowest BCUT2D eigenvalue weighted by Crippen LogP contribution is -2.41. The standard InChI is InChI=1S/C24H23FN2O3/c1-13-7-8-18-16(11-13)22(28)20-21(15-5-3-4-6-17(15)25)27(24(29)23(20)30-18)19-12-14(2)9-10-26-19/h3-6,9-10,12-13,16,18,21H,7-8,11H2,1-2H3. The first kappa shape index (κ1) is 19.0. The Labute approximate surface area is 174 Å². The summed E-state index contributed by atoms with van der Waals surface area (Å²) in [5.41, 5.74) is 1.46. The monoisotopic (exact) mass is 406 g/mol. The molecule has 2 aromatic rings. The van der Waals surface area contributed by atoms with Gasteiger partial charge in [-0.15, -0.1) is 0 Å². The normalized spacial score (nSPS) is 28.3. The SMILES string of the molecule is Cc1ccnc(N2C(=O)C3=C(C(=O)C4CC(C)CCC4O3)C2c2ccccc2F)c1. The number of fused-ring (bicyclic) bond motifs is 1. The van der Waals surface area contributed by atoms with Gasteiger partial charge >= 0.3 is 0 Å². The van der Waals surface area contributed by atoms with Crippen LogP contribution in [0.5, 0.6) is 0 Å². The van der Waals surface area contributed by atoms with E-state index in [4.69, 9.17) is 4.74 Å². The number of benzene rings is 1. The Hall–Kier alpha value is -3.02. The highest BCUT2D eigenvalue weighted by Gasteiger charge is 2.53. The third-order valence-electron chi connectivity index (χ3n) is 6.46. The minimum Gasteiger partial charge on any atom is -0.483 e. The molecule has 1 aliphatic carbocycles. The number of anilines is 1. The molecule has 154 valence electrons. The van der Waals surface area contributed by atoms with E-state index in [2.05, 4.69) is 11.9 Å². The summed E-state index contributed by atoms with van der Waals surface area (Å²) in [6.07, 6.45) is 3.75. The smallest absolute Gasteiger partial charge is 0.295 e. The maximum atomic E-state index is 14.9. The average molecular weight is 406 g/mol. The van der Waals surface area contributed by atoms with Crippen LogP contribution < -0.4 is 4.90 Å². The van der Waals surface area contributed by atoms with Crippen molar-refractivity contribution in [3.63, 3.8) is 0 Å². The van der Waals surface area contributed by atoms with Gasteiger partial charge in [0, 0.05) is 11.8 Å². The molecule has 4 atom stereocenters. The van der Waals surface area contributed by atoms with Crippen LogP contribution in [-0.2, 0) is 14.3 Å². The quantitative estimate of drug-likeness (QED) is 0.747. The van der Waals surface area contributed by atoms with E-state index >= 15 is 0 Å². The first-order valence-corrected chi connectivity index (χ1v) is 10.4. The largest absolute Gasteiger partial charge is 0.483 e. The first-order valence-electron chi connectivity index (χ1n) is 10.4. The van der Waals surface area contributed by atoms with Gasteiger partial charge in [-0.2, -0.15) is 0 Å². The lowest BCUT2D eigenvalue weighted by molar-refractivity contribution is -0.132. The summed E-state index contributed by atoms with van der Waals surface area (Å²) in [6, 6.07) is 8.99. The van der Waals surface area contributed by atoms with Crippen molar-refractivity contribution in [3.8, 4) is 0 Å². The molecule has 3 heterocycles. The molecule has 1 aromatic carbocycles. The molecule has 1 aromatic heterocycles. The minimum absolute atomic E-state index is 0.0624. The number of rotatable bonds is 2. The Balaban J connectivity index is 1.68. The van der Waals surface area contributed by atoms with Gasteiger partial charge in [0.25, 0.3) is 5.91 Å². The van der Waals surface area contributed by atoms with Crippen LogP contribution in [0.15, 0.2) is 53.9 Å². The van der Waals surface area contributed by atoms with E-state index in [9.17, 15) is 14.0 Å². The van der Waals surface area contributed by atoms with Crippen LogP contribution >= 0.6 is 0 Å². The Morgan fingerprint density at radius 1 is 1.17 bits per heavy atom. The number of carbonyl (C=O) groups is 2. The fraction of sp³-hybridized carbons (Fsp3) is 0.375. The maximum absolute atomic E-state index is 14.9. The second-order valence-corrected chi connectivity index (χ2v) is 8.58. The zero-order valence-electron chi connectivity index (χ0n) is 17.0. The highest BCUT2D eigenvalue weighted by atomic mass is 19.1. The van der Waals surface area contributed by atoms with Crippen molar-refractivity contribution in [2.75, 3.05) is 4.90 Å². The number of hydrogen-bond acceptors (Lipinski definition) is 4.